The molecule has 1 aliphatic rings. The summed E-state index contributed by atoms with van der Waals surface area (Å²) in [6.07, 6.45) is 4.57. The Morgan fingerprint density at radius 3 is 2.53 bits per heavy atom. The van der Waals surface area contributed by atoms with Gasteiger partial charge in [-0.3, -0.25) is 4.90 Å². The number of nitrogens with zero attached hydrogens (tertiary/aromatic N) is 2. The van der Waals surface area contributed by atoms with Crippen molar-refractivity contribution in [2.24, 2.45) is 0 Å². The molecule has 0 spiro atoms. The zero-order valence-corrected chi connectivity index (χ0v) is 14.0. The highest BCUT2D eigenvalue weighted by Crippen LogP contribution is 2.28. The second kappa shape index (κ2) is 7.02. The number of nitrogens with one attached hydrogen (secondary N) is 1. The summed E-state index contributed by atoms with van der Waals surface area (Å²) >= 11 is 1.86. The van der Waals surface area contributed by atoms with Crippen LogP contribution >= 0.6 is 23.7 Å². The van der Waals surface area contributed by atoms with E-state index in [0.29, 0.717) is 6.04 Å². The molecular weight excluding hydrogens is 278 g/mol. The van der Waals surface area contributed by atoms with Crippen molar-refractivity contribution >= 4 is 23.7 Å². The largest absolute Gasteiger partial charge is 0.317 e. The Labute approximate surface area is 127 Å². The van der Waals surface area contributed by atoms with Gasteiger partial charge in [-0.15, -0.1) is 23.7 Å². The minimum atomic E-state index is 0. The maximum Gasteiger partial charge on any atom is 0.107 e. The molecule has 1 aliphatic heterocycles. The van der Waals surface area contributed by atoms with E-state index in [-0.39, 0.29) is 17.8 Å². The number of piperidine rings is 1. The molecule has 110 valence electrons. The number of hydrogen-bond acceptors (Lipinski definition) is 4. The summed E-state index contributed by atoms with van der Waals surface area (Å²) in [5.41, 5.74) is 0.225. The number of thiazole rings is 1. The van der Waals surface area contributed by atoms with Crippen LogP contribution in [0.2, 0.25) is 0 Å². The molecular formula is C14H26ClN3S. The van der Waals surface area contributed by atoms with Crippen LogP contribution in [-0.4, -0.2) is 36.1 Å². The van der Waals surface area contributed by atoms with E-state index < -0.39 is 0 Å². The van der Waals surface area contributed by atoms with Gasteiger partial charge in [0.15, 0.2) is 0 Å². The third kappa shape index (κ3) is 4.71. The smallest absolute Gasteiger partial charge is 0.107 e. The molecule has 0 unspecified atom stereocenters. The Bertz CT molecular complexity index is 380. The molecule has 1 fully saturated rings. The molecule has 0 amide bonds. The van der Waals surface area contributed by atoms with Gasteiger partial charge in [0.2, 0.25) is 0 Å². The molecule has 0 atom stereocenters. The minimum absolute atomic E-state index is 0. The van der Waals surface area contributed by atoms with Crippen molar-refractivity contribution in [3.05, 3.63) is 16.1 Å². The van der Waals surface area contributed by atoms with E-state index in [9.17, 15) is 0 Å². The predicted octanol–water partition coefficient (Wildman–Crippen LogP) is 3.05. The van der Waals surface area contributed by atoms with Crippen LogP contribution in [0.25, 0.3) is 0 Å². The van der Waals surface area contributed by atoms with Crippen LogP contribution in [0.1, 0.15) is 43.5 Å². The van der Waals surface area contributed by atoms with Crippen LogP contribution < -0.4 is 5.32 Å². The van der Waals surface area contributed by atoms with Gasteiger partial charge in [-0.2, -0.15) is 0 Å². The Kier molecular flexibility index (Phi) is 6.24. The van der Waals surface area contributed by atoms with Crippen molar-refractivity contribution in [1.82, 2.24) is 15.2 Å². The highest BCUT2D eigenvalue weighted by Gasteiger charge is 2.21. The second-order valence-electron chi connectivity index (χ2n) is 6.26. The second-order valence-corrected chi connectivity index (χ2v) is 7.38. The summed E-state index contributed by atoms with van der Waals surface area (Å²) < 4.78 is 0. The van der Waals surface area contributed by atoms with Crippen LogP contribution in [0.4, 0.5) is 0 Å². The van der Waals surface area contributed by atoms with Gasteiger partial charge >= 0.3 is 0 Å². The fourth-order valence-electron chi connectivity index (χ4n) is 2.32. The summed E-state index contributed by atoms with van der Waals surface area (Å²) in [5.74, 6) is 0. The van der Waals surface area contributed by atoms with E-state index in [1.165, 1.54) is 22.7 Å². The van der Waals surface area contributed by atoms with Crippen molar-refractivity contribution in [2.45, 2.75) is 51.6 Å². The minimum Gasteiger partial charge on any atom is -0.317 e. The average Bonchev–Trinajstić information content (AvgIpc) is 2.78. The number of rotatable bonds is 3. The summed E-state index contributed by atoms with van der Waals surface area (Å²) in [7, 11) is 2.23. The fraction of sp³-hybridized carbons (Fsp3) is 0.786. The van der Waals surface area contributed by atoms with Gasteiger partial charge in [-0.05, 0) is 38.4 Å². The Morgan fingerprint density at radius 2 is 2.00 bits per heavy atom. The number of aromatic nitrogens is 1. The van der Waals surface area contributed by atoms with Crippen molar-refractivity contribution in [3.8, 4) is 0 Å². The lowest BCUT2D eigenvalue weighted by molar-refractivity contribution is 0.191. The third-order valence-electron chi connectivity index (χ3n) is 3.61. The Balaban J connectivity index is 0.00000180. The first kappa shape index (κ1) is 16.9. The summed E-state index contributed by atoms with van der Waals surface area (Å²) in [4.78, 5) is 8.43. The van der Waals surface area contributed by atoms with E-state index in [0.717, 1.165) is 19.6 Å². The molecule has 1 N–H and O–H groups in total. The van der Waals surface area contributed by atoms with E-state index in [1.54, 1.807) is 0 Å². The molecule has 1 aromatic rings. The lowest BCUT2D eigenvalue weighted by Gasteiger charge is -2.30. The van der Waals surface area contributed by atoms with Gasteiger partial charge in [-0.25, -0.2) is 4.98 Å². The number of halogens is 1. The van der Waals surface area contributed by atoms with Gasteiger partial charge in [0, 0.05) is 17.1 Å². The van der Waals surface area contributed by atoms with Gasteiger partial charge in [0.1, 0.15) is 5.01 Å². The van der Waals surface area contributed by atoms with Gasteiger partial charge in [0.05, 0.1) is 6.54 Å². The van der Waals surface area contributed by atoms with Gasteiger partial charge < -0.3 is 5.32 Å². The Morgan fingerprint density at radius 1 is 1.37 bits per heavy atom. The first-order chi connectivity index (χ1) is 8.47. The predicted molar refractivity (Wildman–Crippen MR) is 85.4 cm³/mol. The van der Waals surface area contributed by atoms with Gasteiger partial charge in [-0.1, -0.05) is 20.8 Å². The van der Waals surface area contributed by atoms with Crippen molar-refractivity contribution in [2.75, 3.05) is 20.1 Å². The van der Waals surface area contributed by atoms with Crippen LogP contribution in [-0.2, 0) is 12.0 Å². The highest BCUT2D eigenvalue weighted by molar-refractivity contribution is 7.11. The molecule has 0 aromatic carbocycles. The van der Waals surface area contributed by atoms with Crippen molar-refractivity contribution in [1.29, 1.82) is 0 Å². The molecule has 1 saturated heterocycles. The van der Waals surface area contributed by atoms with Crippen LogP contribution in [0.5, 0.6) is 0 Å². The van der Waals surface area contributed by atoms with Crippen LogP contribution in [0.15, 0.2) is 6.20 Å². The highest BCUT2D eigenvalue weighted by atomic mass is 35.5. The zero-order valence-electron chi connectivity index (χ0n) is 12.4. The SMILES string of the molecule is CN(Cc1ncc(C(C)(C)C)s1)C1CCNCC1.Cl. The van der Waals surface area contributed by atoms with Gasteiger partial charge in [0.25, 0.3) is 0 Å². The molecule has 2 rings (SSSR count). The van der Waals surface area contributed by atoms with E-state index in [1.807, 2.05) is 11.3 Å². The molecule has 0 radical (unpaired) electrons. The Hall–Kier alpha value is -0.160. The maximum atomic E-state index is 4.58. The molecule has 5 heteroatoms. The van der Waals surface area contributed by atoms with E-state index in [4.69, 9.17) is 0 Å². The van der Waals surface area contributed by atoms with E-state index in [2.05, 4.69) is 49.2 Å². The third-order valence-corrected chi connectivity index (χ3v) is 5.02. The average molecular weight is 304 g/mol. The summed E-state index contributed by atoms with van der Waals surface area (Å²) in [6.45, 7) is 10.0. The van der Waals surface area contributed by atoms with Crippen LogP contribution in [0.3, 0.4) is 0 Å². The maximum absolute atomic E-state index is 4.58. The molecule has 0 aliphatic carbocycles. The van der Waals surface area contributed by atoms with Crippen molar-refractivity contribution < 1.29 is 0 Å². The molecule has 19 heavy (non-hydrogen) atoms. The topological polar surface area (TPSA) is 28.2 Å². The molecule has 0 bridgehead atoms. The van der Waals surface area contributed by atoms with Crippen molar-refractivity contribution in [3.63, 3.8) is 0 Å². The molecule has 2 heterocycles. The normalized spacial score (nSPS) is 17.5. The monoisotopic (exact) mass is 303 g/mol. The number of hydrogen-bond donors (Lipinski definition) is 1. The lowest BCUT2D eigenvalue weighted by Crippen LogP contribution is -2.40. The zero-order chi connectivity index (χ0) is 13.2. The first-order valence-corrected chi connectivity index (χ1v) is 7.64. The quantitative estimate of drug-likeness (QED) is 0.930. The summed E-state index contributed by atoms with van der Waals surface area (Å²) in [5, 5.41) is 4.67. The molecule has 1 aromatic heterocycles. The molecule has 3 nitrogen and oxygen atoms in total. The fourth-order valence-corrected chi connectivity index (χ4v) is 3.36. The standard InChI is InChI=1S/C14H25N3S.ClH/c1-14(2,3)12-9-16-13(18-12)10-17(4)11-5-7-15-8-6-11;/h9,11,15H,5-8,10H2,1-4H3;1H. The first-order valence-electron chi connectivity index (χ1n) is 6.83. The molecule has 0 saturated carbocycles. The van der Waals surface area contributed by atoms with E-state index >= 15 is 0 Å². The summed E-state index contributed by atoms with van der Waals surface area (Å²) in [6, 6.07) is 0.716. The lowest BCUT2D eigenvalue weighted by atomic mass is 9.96. The van der Waals surface area contributed by atoms with Crippen LogP contribution in [0, 0.1) is 0 Å².